The third-order valence-corrected chi connectivity index (χ3v) is 3.30. The third-order valence-electron chi connectivity index (χ3n) is 3.30. The lowest BCUT2D eigenvalue weighted by molar-refractivity contribution is -0.138. The van der Waals surface area contributed by atoms with E-state index in [0.717, 1.165) is 6.07 Å². The first kappa shape index (κ1) is 13.9. The van der Waals surface area contributed by atoms with E-state index in [9.17, 15) is 18.0 Å². The van der Waals surface area contributed by atoms with Crippen molar-refractivity contribution in [3.05, 3.63) is 29.3 Å². The summed E-state index contributed by atoms with van der Waals surface area (Å²) in [6.45, 7) is 1.50. The van der Waals surface area contributed by atoms with E-state index in [4.69, 9.17) is 5.11 Å². The fraction of sp³-hybridized carbons (Fsp3) is 0.462. The number of hydrogen-bond donors (Lipinski definition) is 1. The SMILES string of the molecule is Cc1ccc(N2CC(CO)CC2=O)cc1C(F)(F)F. The molecule has 0 bridgehead atoms. The summed E-state index contributed by atoms with van der Waals surface area (Å²) < 4.78 is 38.4. The number of aliphatic hydroxyl groups is 1. The second-order valence-corrected chi connectivity index (χ2v) is 4.75. The van der Waals surface area contributed by atoms with Crippen LogP contribution in [-0.4, -0.2) is 24.2 Å². The Morgan fingerprint density at radius 1 is 1.42 bits per heavy atom. The maximum atomic E-state index is 12.8. The topological polar surface area (TPSA) is 40.5 Å². The molecule has 1 amide bonds. The fourth-order valence-electron chi connectivity index (χ4n) is 2.24. The summed E-state index contributed by atoms with van der Waals surface area (Å²) in [7, 11) is 0. The van der Waals surface area contributed by atoms with Gasteiger partial charge in [0.05, 0.1) is 5.56 Å². The van der Waals surface area contributed by atoms with Crippen LogP contribution in [0.25, 0.3) is 0 Å². The smallest absolute Gasteiger partial charge is 0.396 e. The van der Waals surface area contributed by atoms with Crippen molar-refractivity contribution in [3.63, 3.8) is 0 Å². The Hall–Kier alpha value is -1.56. The van der Waals surface area contributed by atoms with Crippen molar-refractivity contribution in [3.8, 4) is 0 Å². The van der Waals surface area contributed by atoms with Gasteiger partial charge in [0, 0.05) is 31.2 Å². The molecule has 2 rings (SSSR count). The number of hydrogen-bond acceptors (Lipinski definition) is 2. The molecule has 0 aromatic heterocycles. The van der Waals surface area contributed by atoms with Crippen LogP contribution in [0.5, 0.6) is 0 Å². The Labute approximate surface area is 108 Å². The molecule has 1 aliphatic heterocycles. The van der Waals surface area contributed by atoms with E-state index >= 15 is 0 Å². The first-order valence-electron chi connectivity index (χ1n) is 5.92. The lowest BCUT2D eigenvalue weighted by Crippen LogP contribution is -2.25. The largest absolute Gasteiger partial charge is 0.416 e. The van der Waals surface area contributed by atoms with Crippen LogP contribution < -0.4 is 4.90 Å². The van der Waals surface area contributed by atoms with E-state index in [1.165, 1.54) is 24.0 Å². The lowest BCUT2D eigenvalue weighted by atomic mass is 10.1. The summed E-state index contributed by atoms with van der Waals surface area (Å²) in [4.78, 5) is 13.0. The Bertz CT molecular complexity index is 499. The molecule has 6 heteroatoms. The first-order chi connectivity index (χ1) is 8.82. The highest BCUT2D eigenvalue weighted by molar-refractivity contribution is 5.95. The van der Waals surface area contributed by atoms with Gasteiger partial charge in [-0.1, -0.05) is 6.07 Å². The summed E-state index contributed by atoms with van der Waals surface area (Å²) in [5.74, 6) is -0.459. The van der Waals surface area contributed by atoms with Crippen molar-refractivity contribution in [1.82, 2.24) is 0 Å². The average Bonchev–Trinajstić information content (AvgIpc) is 2.70. The minimum atomic E-state index is -4.43. The van der Waals surface area contributed by atoms with Crippen molar-refractivity contribution >= 4 is 11.6 Å². The number of aliphatic hydroxyl groups excluding tert-OH is 1. The third kappa shape index (κ3) is 2.73. The van der Waals surface area contributed by atoms with E-state index in [2.05, 4.69) is 0 Å². The molecule has 1 N–H and O–H groups in total. The Morgan fingerprint density at radius 2 is 2.11 bits per heavy atom. The van der Waals surface area contributed by atoms with Crippen molar-refractivity contribution in [2.24, 2.45) is 5.92 Å². The monoisotopic (exact) mass is 273 g/mol. The molecule has 1 aliphatic rings. The number of amides is 1. The summed E-state index contributed by atoms with van der Waals surface area (Å²) >= 11 is 0. The number of alkyl halides is 3. The van der Waals surface area contributed by atoms with Gasteiger partial charge in [-0.2, -0.15) is 13.2 Å². The van der Waals surface area contributed by atoms with Crippen molar-refractivity contribution in [2.75, 3.05) is 18.1 Å². The molecule has 0 saturated carbocycles. The molecule has 1 unspecified atom stereocenters. The molecule has 104 valence electrons. The normalized spacial score (nSPS) is 20.2. The van der Waals surface area contributed by atoms with Crippen LogP contribution in [0, 0.1) is 12.8 Å². The molecule has 1 aromatic rings. The zero-order chi connectivity index (χ0) is 14.2. The van der Waals surface area contributed by atoms with E-state index in [1.807, 2.05) is 0 Å². The van der Waals surface area contributed by atoms with Gasteiger partial charge in [-0.25, -0.2) is 0 Å². The van der Waals surface area contributed by atoms with E-state index < -0.39 is 11.7 Å². The first-order valence-corrected chi connectivity index (χ1v) is 5.92. The van der Waals surface area contributed by atoms with Crippen LogP contribution in [0.4, 0.5) is 18.9 Å². The van der Waals surface area contributed by atoms with Crippen LogP contribution in [0.3, 0.4) is 0 Å². The second kappa shape index (κ2) is 4.85. The number of benzene rings is 1. The molecule has 0 aliphatic carbocycles. The van der Waals surface area contributed by atoms with Crippen LogP contribution in [-0.2, 0) is 11.0 Å². The predicted molar refractivity (Wildman–Crippen MR) is 63.7 cm³/mol. The lowest BCUT2D eigenvalue weighted by Gasteiger charge is -2.19. The Balaban J connectivity index is 2.34. The molecular weight excluding hydrogens is 259 g/mol. The number of anilines is 1. The Kier molecular flexibility index (Phi) is 3.54. The number of carbonyl (C=O) groups is 1. The van der Waals surface area contributed by atoms with Gasteiger partial charge >= 0.3 is 6.18 Å². The van der Waals surface area contributed by atoms with Gasteiger partial charge in [-0.3, -0.25) is 4.79 Å². The van der Waals surface area contributed by atoms with Gasteiger partial charge in [-0.15, -0.1) is 0 Å². The van der Waals surface area contributed by atoms with Gasteiger partial charge < -0.3 is 10.0 Å². The molecule has 1 atom stereocenters. The standard InChI is InChI=1S/C13H14F3NO2/c1-8-2-3-10(5-11(8)13(14,15)16)17-6-9(7-18)4-12(17)19/h2-3,5,9,18H,4,6-7H2,1H3. The summed E-state index contributed by atoms with van der Waals surface area (Å²) in [6, 6.07) is 3.85. The molecule has 19 heavy (non-hydrogen) atoms. The summed E-state index contributed by atoms with van der Waals surface area (Å²) in [6.07, 6.45) is -4.26. The number of carbonyl (C=O) groups excluding carboxylic acids is 1. The summed E-state index contributed by atoms with van der Waals surface area (Å²) in [5, 5.41) is 9.02. The molecule has 1 aromatic carbocycles. The Morgan fingerprint density at radius 3 is 2.63 bits per heavy atom. The van der Waals surface area contributed by atoms with Crippen molar-refractivity contribution in [1.29, 1.82) is 0 Å². The van der Waals surface area contributed by atoms with Crippen LogP contribution in [0.1, 0.15) is 17.5 Å². The second-order valence-electron chi connectivity index (χ2n) is 4.75. The van der Waals surface area contributed by atoms with E-state index in [1.54, 1.807) is 0 Å². The number of rotatable bonds is 2. The predicted octanol–water partition coefficient (Wildman–Crippen LogP) is 2.36. The minimum Gasteiger partial charge on any atom is -0.396 e. The molecular formula is C13H14F3NO2. The van der Waals surface area contributed by atoms with Gasteiger partial charge in [0.1, 0.15) is 0 Å². The van der Waals surface area contributed by atoms with Crippen LogP contribution in [0.2, 0.25) is 0 Å². The molecule has 1 fully saturated rings. The zero-order valence-electron chi connectivity index (χ0n) is 10.4. The fourth-order valence-corrected chi connectivity index (χ4v) is 2.24. The van der Waals surface area contributed by atoms with Gasteiger partial charge in [0.25, 0.3) is 0 Å². The van der Waals surface area contributed by atoms with Crippen LogP contribution >= 0.6 is 0 Å². The summed E-state index contributed by atoms with van der Waals surface area (Å²) in [5.41, 5.74) is -0.370. The van der Waals surface area contributed by atoms with Gasteiger partial charge in [0.2, 0.25) is 5.91 Å². The number of nitrogens with zero attached hydrogens (tertiary/aromatic N) is 1. The quantitative estimate of drug-likeness (QED) is 0.898. The minimum absolute atomic E-state index is 0.126. The zero-order valence-corrected chi connectivity index (χ0v) is 10.4. The van der Waals surface area contributed by atoms with Crippen LogP contribution in [0.15, 0.2) is 18.2 Å². The molecule has 0 spiro atoms. The van der Waals surface area contributed by atoms with E-state index in [-0.39, 0.29) is 42.6 Å². The molecule has 1 saturated heterocycles. The van der Waals surface area contributed by atoms with Crippen molar-refractivity contribution in [2.45, 2.75) is 19.5 Å². The number of aryl methyl sites for hydroxylation is 1. The number of halogens is 3. The maximum absolute atomic E-state index is 12.8. The molecule has 0 radical (unpaired) electrons. The van der Waals surface area contributed by atoms with E-state index in [0.29, 0.717) is 0 Å². The highest BCUT2D eigenvalue weighted by Gasteiger charge is 2.35. The maximum Gasteiger partial charge on any atom is 0.416 e. The van der Waals surface area contributed by atoms with Gasteiger partial charge in [-0.05, 0) is 24.6 Å². The molecule has 3 nitrogen and oxygen atoms in total. The molecule has 1 heterocycles. The highest BCUT2D eigenvalue weighted by atomic mass is 19.4. The highest BCUT2D eigenvalue weighted by Crippen LogP contribution is 2.35. The average molecular weight is 273 g/mol. The van der Waals surface area contributed by atoms with Crippen molar-refractivity contribution < 1.29 is 23.1 Å². The van der Waals surface area contributed by atoms with Gasteiger partial charge in [0.15, 0.2) is 0 Å².